The molecule has 1 saturated heterocycles. The standard InChI is InChI=1S/C16H20F3NO2S/c1-11(10-21)23-14-6-3-7-20(15(14)22)9-12-4-2-5-13(8-12)16(17,18)19/h2,4-5,8,11,14,21H,3,6-7,9-10H2,1H3/t11-,14-/m1/s1. The summed E-state index contributed by atoms with van der Waals surface area (Å²) in [7, 11) is 0. The van der Waals surface area contributed by atoms with Gasteiger partial charge in [-0.3, -0.25) is 4.79 Å². The lowest BCUT2D eigenvalue weighted by Crippen LogP contribution is -2.43. The van der Waals surface area contributed by atoms with E-state index in [1.54, 1.807) is 11.0 Å². The number of rotatable bonds is 5. The summed E-state index contributed by atoms with van der Waals surface area (Å²) in [6.07, 6.45) is -2.82. The highest BCUT2D eigenvalue weighted by molar-refractivity contribution is 8.01. The topological polar surface area (TPSA) is 40.5 Å². The number of carbonyl (C=O) groups excluding carboxylic acids is 1. The molecule has 0 radical (unpaired) electrons. The first-order valence-corrected chi connectivity index (χ1v) is 8.47. The number of carbonyl (C=O) groups is 1. The summed E-state index contributed by atoms with van der Waals surface area (Å²) in [4.78, 5) is 14.1. The maximum absolute atomic E-state index is 12.8. The first-order chi connectivity index (χ1) is 10.8. The van der Waals surface area contributed by atoms with Gasteiger partial charge < -0.3 is 10.0 Å². The van der Waals surface area contributed by atoms with Crippen molar-refractivity contribution in [3.63, 3.8) is 0 Å². The number of piperidine rings is 1. The molecule has 1 aromatic carbocycles. The van der Waals surface area contributed by atoms with Crippen LogP contribution in [0.1, 0.15) is 30.9 Å². The van der Waals surface area contributed by atoms with Gasteiger partial charge in [0, 0.05) is 18.3 Å². The highest BCUT2D eigenvalue weighted by Crippen LogP contribution is 2.31. The molecule has 0 saturated carbocycles. The van der Waals surface area contributed by atoms with Gasteiger partial charge in [-0.25, -0.2) is 0 Å². The van der Waals surface area contributed by atoms with E-state index in [1.165, 1.54) is 17.8 Å². The van der Waals surface area contributed by atoms with Crippen molar-refractivity contribution in [2.45, 2.75) is 43.0 Å². The molecular formula is C16H20F3NO2S. The molecule has 2 rings (SSSR count). The Hall–Kier alpha value is -1.21. The fraction of sp³-hybridized carbons (Fsp3) is 0.562. The molecule has 0 aliphatic carbocycles. The zero-order valence-corrected chi connectivity index (χ0v) is 13.7. The van der Waals surface area contributed by atoms with Gasteiger partial charge in [0.1, 0.15) is 0 Å². The van der Waals surface area contributed by atoms with Gasteiger partial charge >= 0.3 is 6.18 Å². The molecule has 1 aliphatic rings. The van der Waals surface area contributed by atoms with Crippen LogP contribution in [0.15, 0.2) is 24.3 Å². The minimum atomic E-state index is -4.38. The predicted octanol–water partition coefficient (Wildman–Crippen LogP) is 3.31. The summed E-state index contributed by atoms with van der Waals surface area (Å²) in [5, 5.41) is 8.85. The third-order valence-electron chi connectivity index (χ3n) is 3.76. The van der Waals surface area contributed by atoms with Crippen molar-refractivity contribution in [1.29, 1.82) is 0 Å². The van der Waals surface area contributed by atoms with E-state index < -0.39 is 11.7 Å². The molecule has 0 aromatic heterocycles. The first kappa shape index (κ1) is 18.1. The average molecular weight is 347 g/mol. The molecule has 3 nitrogen and oxygen atoms in total. The Bertz CT molecular complexity index is 550. The van der Waals surface area contributed by atoms with Crippen LogP contribution in [0.25, 0.3) is 0 Å². The lowest BCUT2D eigenvalue weighted by atomic mass is 10.1. The van der Waals surface area contributed by atoms with Gasteiger partial charge in [0.25, 0.3) is 0 Å². The van der Waals surface area contributed by atoms with Crippen LogP contribution in [0.3, 0.4) is 0 Å². The van der Waals surface area contributed by atoms with Gasteiger partial charge in [0.2, 0.25) is 5.91 Å². The second kappa shape index (κ2) is 7.57. The fourth-order valence-electron chi connectivity index (χ4n) is 2.58. The highest BCUT2D eigenvalue weighted by atomic mass is 32.2. The Labute approximate surface area is 137 Å². The Morgan fingerprint density at radius 1 is 1.43 bits per heavy atom. The van der Waals surface area contributed by atoms with Crippen molar-refractivity contribution < 1.29 is 23.1 Å². The molecule has 7 heteroatoms. The number of hydrogen-bond donors (Lipinski definition) is 1. The normalized spacial score (nSPS) is 20.7. The van der Waals surface area contributed by atoms with Gasteiger partial charge in [-0.2, -0.15) is 13.2 Å². The maximum atomic E-state index is 12.8. The summed E-state index contributed by atoms with van der Waals surface area (Å²) >= 11 is 1.43. The minimum Gasteiger partial charge on any atom is -0.395 e. The molecule has 1 aromatic rings. The number of halogens is 3. The number of aliphatic hydroxyl groups is 1. The van der Waals surface area contributed by atoms with Crippen LogP contribution in [-0.4, -0.2) is 39.6 Å². The molecule has 128 valence electrons. The Morgan fingerprint density at radius 3 is 2.83 bits per heavy atom. The van der Waals surface area contributed by atoms with Crippen molar-refractivity contribution in [2.24, 2.45) is 0 Å². The average Bonchev–Trinajstić information content (AvgIpc) is 2.50. The quantitative estimate of drug-likeness (QED) is 0.888. The van der Waals surface area contributed by atoms with Crippen molar-refractivity contribution in [2.75, 3.05) is 13.2 Å². The SMILES string of the molecule is C[C@H](CO)S[C@@H]1CCCN(Cc2cccc(C(F)(F)F)c2)C1=O. The zero-order chi connectivity index (χ0) is 17.0. The van der Waals surface area contributed by atoms with Gasteiger partial charge in [-0.1, -0.05) is 19.1 Å². The predicted molar refractivity (Wildman–Crippen MR) is 84.0 cm³/mol. The van der Waals surface area contributed by atoms with Gasteiger partial charge in [0.15, 0.2) is 0 Å². The van der Waals surface area contributed by atoms with Crippen LogP contribution in [0.5, 0.6) is 0 Å². The monoisotopic (exact) mass is 347 g/mol. The second-order valence-electron chi connectivity index (χ2n) is 5.72. The van der Waals surface area contributed by atoms with E-state index in [-0.39, 0.29) is 29.6 Å². The minimum absolute atomic E-state index is 0.00206. The van der Waals surface area contributed by atoms with Gasteiger partial charge in [-0.05, 0) is 30.5 Å². The molecule has 1 heterocycles. The van der Waals surface area contributed by atoms with E-state index in [4.69, 9.17) is 5.11 Å². The number of alkyl halides is 3. The third-order valence-corrected chi connectivity index (χ3v) is 5.14. The third kappa shape index (κ3) is 4.88. The number of amides is 1. The maximum Gasteiger partial charge on any atom is 0.416 e. The van der Waals surface area contributed by atoms with E-state index in [0.29, 0.717) is 12.1 Å². The van der Waals surface area contributed by atoms with Crippen molar-refractivity contribution in [1.82, 2.24) is 4.90 Å². The molecule has 1 fully saturated rings. The van der Waals surface area contributed by atoms with Crippen LogP contribution in [0.4, 0.5) is 13.2 Å². The Balaban J connectivity index is 2.06. The highest BCUT2D eigenvalue weighted by Gasteiger charge is 2.32. The van der Waals surface area contributed by atoms with Gasteiger partial charge in [0.05, 0.1) is 17.4 Å². The summed E-state index contributed by atoms with van der Waals surface area (Å²) in [6, 6.07) is 5.10. The number of likely N-dealkylation sites (tertiary alicyclic amines) is 1. The van der Waals surface area contributed by atoms with Crippen molar-refractivity contribution in [3.8, 4) is 0 Å². The zero-order valence-electron chi connectivity index (χ0n) is 12.8. The van der Waals surface area contributed by atoms with Crippen LogP contribution in [0.2, 0.25) is 0 Å². The van der Waals surface area contributed by atoms with E-state index in [0.717, 1.165) is 25.0 Å². The van der Waals surface area contributed by atoms with Gasteiger partial charge in [-0.15, -0.1) is 11.8 Å². The molecule has 1 N–H and O–H groups in total. The number of nitrogens with zero attached hydrogens (tertiary/aromatic N) is 1. The largest absolute Gasteiger partial charge is 0.416 e. The summed E-state index contributed by atoms with van der Waals surface area (Å²) in [6.45, 7) is 2.60. The van der Waals surface area contributed by atoms with Crippen LogP contribution in [0, 0.1) is 0 Å². The first-order valence-electron chi connectivity index (χ1n) is 7.52. The summed E-state index contributed by atoms with van der Waals surface area (Å²) in [5.41, 5.74) is -0.215. The number of thioether (sulfide) groups is 1. The van der Waals surface area contributed by atoms with E-state index in [1.807, 2.05) is 6.92 Å². The molecule has 1 amide bonds. The molecule has 0 spiro atoms. The van der Waals surface area contributed by atoms with E-state index >= 15 is 0 Å². The van der Waals surface area contributed by atoms with E-state index in [9.17, 15) is 18.0 Å². The molecule has 2 atom stereocenters. The van der Waals surface area contributed by atoms with Crippen molar-refractivity contribution >= 4 is 17.7 Å². The number of hydrogen-bond acceptors (Lipinski definition) is 3. The van der Waals surface area contributed by atoms with Crippen LogP contribution >= 0.6 is 11.8 Å². The number of aliphatic hydroxyl groups excluding tert-OH is 1. The molecule has 0 unspecified atom stereocenters. The lowest BCUT2D eigenvalue weighted by Gasteiger charge is -2.33. The van der Waals surface area contributed by atoms with Crippen LogP contribution < -0.4 is 0 Å². The molecule has 23 heavy (non-hydrogen) atoms. The Morgan fingerprint density at radius 2 is 2.17 bits per heavy atom. The summed E-state index contributed by atoms with van der Waals surface area (Å²) < 4.78 is 38.3. The molecule has 1 aliphatic heterocycles. The second-order valence-corrected chi connectivity index (χ2v) is 7.36. The van der Waals surface area contributed by atoms with Crippen molar-refractivity contribution in [3.05, 3.63) is 35.4 Å². The summed E-state index contributed by atoms with van der Waals surface area (Å²) in [5.74, 6) is -0.0565. The lowest BCUT2D eigenvalue weighted by molar-refractivity contribution is -0.137. The van der Waals surface area contributed by atoms with E-state index in [2.05, 4.69) is 0 Å². The Kier molecular flexibility index (Phi) is 5.97. The molecule has 0 bridgehead atoms. The smallest absolute Gasteiger partial charge is 0.395 e. The fourth-order valence-corrected chi connectivity index (χ4v) is 3.79. The number of benzene rings is 1. The molecular weight excluding hydrogens is 327 g/mol. The van der Waals surface area contributed by atoms with Crippen LogP contribution in [-0.2, 0) is 17.5 Å².